The highest BCUT2D eigenvalue weighted by Gasteiger charge is 2.27. The average Bonchev–Trinajstić information content (AvgIpc) is 2.68. The van der Waals surface area contributed by atoms with Crippen LogP contribution in [0.5, 0.6) is 0 Å². The third kappa shape index (κ3) is 3.47. The Bertz CT molecular complexity index is 536. The molecule has 1 N–H and O–H groups in total. The van der Waals surface area contributed by atoms with E-state index in [1.54, 1.807) is 0 Å². The van der Waals surface area contributed by atoms with Gasteiger partial charge in [-0.25, -0.2) is 0 Å². The first-order valence-electron chi connectivity index (χ1n) is 8.16. The van der Waals surface area contributed by atoms with Crippen LogP contribution in [0.3, 0.4) is 0 Å². The third-order valence-corrected chi connectivity index (χ3v) is 5.76. The zero-order chi connectivity index (χ0) is 15.5. The molecular formula is C17H25N3OS. The quantitative estimate of drug-likeness (QED) is 0.906. The maximum absolute atomic E-state index is 12.9. The van der Waals surface area contributed by atoms with Crippen LogP contribution >= 0.6 is 11.8 Å². The highest BCUT2D eigenvalue weighted by Crippen LogP contribution is 2.37. The molecule has 0 saturated carbocycles. The number of benzene rings is 1. The number of piperazine rings is 1. The van der Waals surface area contributed by atoms with Crippen molar-refractivity contribution in [3.63, 3.8) is 0 Å². The molecule has 1 aromatic rings. The summed E-state index contributed by atoms with van der Waals surface area (Å²) >= 11 is 1.88. The number of nitrogens with zero attached hydrogens (tertiary/aromatic N) is 2. The number of hydrogen-bond acceptors (Lipinski definition) is 4. The van der Waals surface area contributed by atoms with Gasteiger partial charge in [0.15, 0.2) is 0 Å². The van der Waals surface area contributed by atoms with Gasteiger partial charge in [-0.15, -0.1) is 11.8 Å². The van der Waals surface area contributed by atoms with Crippen LogP contribution < -0.4 is 10.2 Å². The number of carbonyl (C=O) groups is 1. The molecule has 0 spiro atoms. The molecule has 1 unspecified atom stereocenters. The number of anilines is 1. The Morgan fingerprint density at radius 1 is 1.32 bits per heavy atom. The fourth-order valence-corrected chi connectivity index (χ4v) is 4.24. The van der Waals surface area contributed by atoms with Crippen LogP contribution in [0.2, 0.25) is 0 Å². The molecule has 120 valence electrons. The van der Waals surface area contributed by atoms with Crippen molar-refractivity contribution in [1.82, 2.24) is 10.2 Å². The van der Waals surface area contributed by atoms with Crippen LogP contribution in [0, 0.1) is 0 Å². The third-order valence-electron chi connectivity index (χ3n) is 4.52. The Hall–Kier alpha value is -1.04. The normalized spacial score (nSPS) is 26.4. The van der Waals surface area contributed by atoms with Gasteiger partial charge in [0.2, 0.25) is 5.91 Å². The summed E-state index contributed by atoms with van der Waals surface area (Å²) in [7, 11) is 0. The number of thioether (sulfide) groups is 1. The van der Waals surface area contributed by atoms with Crippen LogP contribution in [-0.4, -0.2) is 54.8 Å². The van der Waals surface area contributed by atoms with Crippen LogP contribution in [0.1, 0.15) is 20.3 Å². The standard InChI is InChI=1S/C17H25N3OS/c1-13-11-18-8-10-19(13)12-17(21)20-9-7-14(2)22-16-6-4-3-5-15(16)20/h3-6,13-14,18H,7-12H2,1-2H3/t13-,14?/m1/s1. The monoisotopic (exact) mass is 319 g/mol. The molecule has 1 saturated heterocycles. The molecule has 5 heteroatoms. The van der Waals surface area contributed by atoms with Gasteiger partial charge in [-0.3, -0.25) is 9.69 Å². The van der Waals surface area contributed by atoms with Gasteiger partial charge in [-0.2, -0.15) is 0 Å². The average molecular weight is 319 g/mol. The Morgan fingerprint density at radius 2 is 2.14 bits per heavy atom. The molecule has 2 atom stereocenters. The molecular weight excluding hydrogens is 294 g/mol. The van der Waals surface area contributed by atoms with Gasteiger partial charge in [0, 0.05) is 42.4 Å². The van der Waals surface area contributed by atoms with Gasteiger partial charge in [0.1, 0.15) is 0 Å². The fourth-order valence-electron chi connectivity index (χ4n) is 3.12. The number of nitrogens with one attached hydrogen (secondary N) is 1. The lowest BCUT2D eigenvalue weighted by molar-refractivity contribution is -0.120. The molecule has 3 rings (SSSR count). The molecule has 2 aliphatic heterocycles. The Balaban J connectivity index is 1.77. The Labute approximate surface area is 137 Å². The minimum absolute atomic E-state index is 0.232. The van der Waals surface area contributed by atoms with E-state index in [0.29, 0.717) is 17.8 Å². The van der Waals surface area contributed by atoms with E-state index in [1.807, 2.05) is 22.7 Å². The Kier molecular flexibility index (Phi) is 5.06. The summed E-state index contributed by atoms with van der Waals surface area (Å²) in [5, 5.41) is 3.93. The number of carbonyl (C=O) groups excluding carboxylic acids is 1. The van der Waals surface area contributed by atoms with Gasteiger partial charge in [-0.1, -0.05) is 19.1 Å². The van der Waals surface area contributed by atoms with Crippen molar-refractivity contribution >= 4 is 23.4 Å². The van der Waals surface area contributed by atoms with E-state index in [-0.39, 0.29) is 5.91 Å². The second kappa shape index (κ2) is 7.02. The van der Waals surface area contributed by atoms with Crippen molar-refractivity contribution in [2.45, 2.75) is 36.5 Å². The second-order valence-electron chi connectivity index (χ2n) is 6.25. The number of amides is 1. The summed E-state index contributed by atoms with van der Waals surface area (Å²) in [6, 6.07) is 8.73. The largest absolute Gasteiger partial charge is 0.314 e. The van der Waals surface area contributed by atoms with E-state index in [9.17, 15) is 4.79 Å². The van der Waals surface area contributed by atoms with E-state index in [1.165, 1.54) is 4.90 Å². The lowest BCUT2D eigenvalue weighted by atomic mass is 10.2. The number of rotatable bonds is 2. The zero-order valence-electron chi connectivity index (χ0n) is 13.4. The molecule has 0 radical (unpaired) electrons. The molecule has 22 heavy (non-hydrogen) atoms. The van der Waals surface area contributed by atoms with Crippen molar-refractivity contribution in [2.75, 3.05) is 37.6 Å². The molecule has 2 aliphatic rings. The smallest absolute Gasteiger partial charge is 0.241 e. The van der Waals surface area contributed by atoms with Crippen molar-refractivity contribution in [1.29, 1.82) is 0 Å². The van der Waals surface area contributed by atoms with Crippen LogP contribution in [0.4, 0.5) is 5.69 Å². The van der Waals surface area contributed by atoms with Crippen LogP contribution in [-0.2, 0) is 4.79 Å². The van der Waals surface area contributed by atoms with Crippen LogP contribution in [0.25, 0.3) is 0 Å². The minimum atomic E-state index is 0.232. The molecule has 1 aromatic carbocycles. The van der Waals surface area contributed by atoms with Crippen molar-refractivity contribution in [2.24, 2.45) is 0 Å². The predicted molar refractivity (Wildman–Crippen MR) is 92.6 cm³/mol. The summed E-state index contributed by atoms with van der Waals surface area (Å²) in [4.78, 5) is 18.4. The van der Waals surface area contributed by atoms with Gasteiger partial charge in [0.05, 0.1) is 12.2 Å². The van der Waals surface area contributed by atoms with Gasteiger partial charge < -0.3 is 10.2 Å². The first kappa shape index (κ1) is 15.8. The fraction of sp³-hybridized carbons (Fsp3) is 0.588. The molecule has 0 aliphatic carbocycles. The van der Waals surface area contributed by atoms with E-state index < -0.39 is 0 Å². The predicted octanol–water partition coefficient (Wildman–Crippen LogP) is 2.20. The maximum atomic E-state index is 12.9. The lowest BCUT2D eigenvalue weighted by Gasteiger charge is -2.35. The maximum Gasteiger partial charge on any atom is 0.241 e. The molecule has 2 heterocycles. The van der Waals surface area contributed by atoms with E-state index in [0.717, 1.165) is 38.3 Å². The molecule has 4 nitrogen and oxygen atoms in total. The molecule has 0 aromatic heterocycles. The van der Waals surface area contributed by atoms with E-state index in [2.05, 4.69) is 42.3 Å². The van der Waals surface area contributed by atoms with Crippen molar-refractivity contribution < 1.29 is 4.79 Å². The first-order chi connectivity index (χ1) is 10.6. The summed E-state index contributed by atoms with van der Waals surface area (Å²) in [6.07, 6.45) is 1.04. The van der Waals surface area contributed by atoms with Gasteiger partial charge in [-0.05, 0) is 25.5 Å². The van der Waals surface area contributed by atoms with E-state index in [4.69, 9.17) is 0 Å². The van der Waals surface area contributed by atoms with Gasteiger partial charge >= 0.3 is 0 Å². The first-order valence-corrected chi connectivity index (χ1v) is 9.04. The number of hydrogen-bond donors (Lipinski definition) is 1. The second-order valence-corrected chi connectivity index (χ2v) is 7.73. The Morgan fingerprint density at radius 3 is 2.95 bits per heavy atom. The summed E-state index contributed by atoms with van der Waals surface area (Å²) in [5.74, 6) is 0.232. The number of fused-ring (bicyclic) bond motifs is 1. The lowest BCUT2D eigenvalue weighted by Crippen LogP contribution is -2.53. The highest BCUT2D eigenvalue weighted by molar-refractivity contribution is 8.00. The van der Waals surface area contributed by atoms with Crippen LogP contribution in [0.15, 0.2) is 29.2 Å². The zero-order valence-corrected chi connectivity index (χ0v) is 14.2. The van der Waals surface area contributed by atoms with E-state index >= 15 is 0 Å². The molecule has 1 amide bonds. The summed E-state index contributed by atoms with van der Waals surface area (Å²) in [6.45, 7) is 8.67. The van der Waals surface area contributed by atoms with Crippen molar-refractivity contribution in [3.8, 4) is 0 Å². The SMILES string of the molecule is CC1CCN(C(=O)CN2CCNC[C@H]2C)c2ccccc2S1. The molecule has 1 fully saturated rings. The van der Waals surface area contributed by atoms with Gasteiger partial charge in [0.25, 0.3) is 0 Å². The minimum Gasteiger partial charge on any atom is -0.314 e. The summed E-state index contributed by atoms with van der Waals surface area (Å²) in [5.41, 5.74) is 1.09. The molecule has 0 bridgehead atoms. The highest BCUT2D eigenvalue weighted by atomic mass is 32.2. The topological polar surface area (TPSA) is 35.6 Å². The number of para-hydroxylation sites is 1. The summed E-state index contributed by atoms with van der Waals surface area (Å²) < 4.78 is 0. The van der Waals surface area contributed by atoms with Crippen molar-refractivity contribution in [3.05, 3.63) is 24.3 Å².